The van der Waals surface area contributed by atoms with Gasteiger partial charge in [0.1, 0.15) is 0 Å². The van der Waals surface area contributed by atoms with Gasteiger partial charge in [-0.3, -0.25) is 10.1 Å². The van der Waals surface area contributed by atoms with E-state index in [2.05, 4.69) is 0 Å². The minimum Gasteiger partial charge on any atom is -0.259 e. The number of hydrogen-bond donors (Lipinski definition) is 0. The van der Waals surface area contributed by atoms with Crippen LogP contribution in [0.15, 0.2) is 42.1 Å². The van der Waals surface area contributed by atoms with E-state index in [0.29, 0.717) is 5.02 Å². The Hall–Kier alpha value is -1.65. The van der Waals surface area contributed by atoms with Gasteiger partial charge in [-0.25, -0.2) is 0 Å². The number of allylic oxidation sites excluding steroid dienone is 1. The molecule has 0 aliphatic heterocycles. The first kappa shape index (κ1) is 14.8. The molecular formula is C15H14ClNO2S. The second kappa shape index (κ2) is 6.20. The first-order valence-corrected chi connectivity index (χ1v) is 7.39. The predicted molar refractivity (Wildman–Crippen MR) is 84.6 cm³/mol. The van der Waals surface area contributed by atoms with E-state index in [9.17, 15) is 10.1 Å². The van der Waals surface area contributed by atoms with Crippen molar-refractivity contribution in [2.45, 2.75) is 13.8 Å². The highest BCUT2D eigenvalue weighted by atomic mass is 35.5. The van der Waals surface area contributed by atoms with Crippen LogP contribution in [0.4, 0.5) is 0 Å². The molecule has 0 fully saturated rings. The molecule has 104 valence electrons. The van der Waals surface area contributed by atoms with Crippen LogP contribution in [0.1, 0.15) is 18.7 Å². The largest absolute Gasteiger partial charge is 0.259 e. The third kappa shape index (κ3) is 3.26. The van der Waals surface area contributed by atoms with Crippen molar-refractivity contribution in [2.75, 3.05) is 0 Å². The number of benzene rings is 1. The zero-order chi connectivity index (χ0) is 14.7. The summed E-state index contributed by atoms with van der Waals surface area (Å²) in [5.74, 6) is -0.115. The van der Waals surface area contributed by atoms with E-state index < -0.39 is 0 Å². The van der Waals surface area contributed by atoms with Crippen molar-refractivity contribution < 1.29 is 4.92 Å². The smallest absolute Gasteiger partial charge is 0.250 e. The first-order valence-electron chi connectivity index (χ1n) is 6.19. The summed E-state index contributed by atoms with van der Waals surface area (Å²) in [6.07, 6.45) is 1.63. The van der Waals surface area contributed by atoms with Crippen molar-refractivity contribution in [3.8, 4) is 10.4 Å². The molecule has 0 N–H and O–H groups in total. The van der Waals surface area contributed by atoms with E-state index in [-0.39, 0.29) is 16.5 Å². The molecule has 1 aromatic carbocycles. The number of hydrogen-bond acceptors (Lipinski definition) is 3. The fraction of sp³-hybridized carbons (Fsp3) is 0.200. The fourth-order valence-electron chi connectivity index (χ4n) is 1.81. The van der Waals surface area contributed by atoms with Crippen LogP contribution in [-0.4, -0.2) is 4.92 Å². The lowest BCUT2D eigenvalue weighted by Crippen LogP contribution is -2.04. The third-order valence-electron chi connectivity index (χ3n) is 2.86. The molecular weight excluding hydrogens is 294 g/mol. The number of thiophene rings is 1. The SMILES string of the molecule is CC(C)/C(=C/c1ccc(-c2ccccc2Cl)s1)[N+](=O)[O-]. The van der Waals surface area contributed by atoms with Gasteiger partial charge in [-0.2, -0.15) is 0 Å². The highest BCUT2D eigenvalue weighted by Gasteiger charge is 2.16. The van der Waals surface area contributed by atoms with Crippen LogP contribution in [0.3, 0.4) is 0 Å². The van der Waals surface area contributed by atoms with Gasteiger partial charge in [0.25, 0.3) is 0 Å². The Morgan fingerprint density at radius 2 is 2.00 bits per heavy atom. The molecule has 0 unspecified atom stereocenters. The molecule has 1 aromatic heterocycles. The molecule has 0 aliphatic rings. The molecule has 0 amide bonds. The molecule has 2 rings (SSSR count). The number of rotatable bonds is 4. The average Bonchev–Trinajstić information content (AvgIpc) is 2.84. The Bertz CT molecular complexity index is 661. The van der Waals surface area contributed by atoms with Gasteiger partial charge in [-0.15, -0.1) is 11.3 Å². The van der Waals surface area contributed by atoms with Crippen LogP contribution in [-0.2, 0) is 0 Å². The van der Waals surface area contributed by atoms with Gasteiger partial charge in [0.15, 0.2) is 0 Å². The van der Waals surface area contributed by atoms with Crippen molar-refractivity contribution in [1.29, 1.82) is 0 Å². The summed E-state index contributed by atoms with van der Waals surface area (Å²) in [5.41, 5.74) is 1.17. The molecule has 0 spiro atoms. The van der Waals surface area contributed by atoms with Crippen LogP contribution >= 0.6 is 22.9 Å². The predicted octanol–water partition coefficient (Wildman–Crippen LogP) is 5.34. The summed E-state index contributed by atoms with van der Waals surface area (Å²) in [7, 11) is 0. The molecule has 0 saturated heterocycles. The topological polar surface area (TPSA) is 43.1 Å². The van der Waals surface area contributed by atoms with Gasteiger partial charge in [0, 0.05) is 32.3 Å². The second-order valence-corrected chi connectivity index (χ2v) is 6.19. The van der Waals surface area contributed by atoms with Gasteiger partial charge in [-0.05, 0) is 18.2 Å². The molecule has 0 saturated carbocycles. The maximum absolute atomic E-state index is 11.0. The van der Waals surface area contributed by atoms with Gasteiger partial charge in [0.05, 0.1) is 4.92 Å². The van der Waals surface area contributed by atoms with E-state index in [1.54, 1.807) is 6.08 Å². The van der Waals surface area contributed by atoms with Gasteiger partial charge >= 0.3 is 0 Å². The maximum Gasteiger partial charge on any atom is 0.250 e. The molecule has 2 aromatic rings. The van der Waals surface area contributed by atoms with Crippen molar-refractivity contribution in [1.82, 2.24) is 0 Å². The first-order chi connectivity index (χ1) is 9.49. The molecule has 0 bridgehead atoms. The Morgan fingerprint density at radius 1 is 1.30 bits per heavy atom. The van der Waals surface area contributed by atoms with Crippen LogP contribution in [0, 0.1) is 16.0 Å². The number of halogens is 1. The summed E-state index contributed by atoms with van der Waals surface area (Å²) < 4.78 is 0. The Kier molecular flexibility index (Phi) is 4.57. The monoisotopic (exact) mass is 307 g/mol. The molecule has 3 nitrogen and oxygen atoms in total. The maximum atomic E-state index is 11.0. The van der Waals surface area contributed by atoms with Crippen LogP contribution in [0.2, 0.25) is 5.02 Å². The zero-order valence-electron chi connectivity index (χ0n) is 11.2. The van der Waals surface area contributed by atoms with Crippen LogP contribution in [0.5, 0.6) is 0 Å². The molecule has 20 heavy (non-hydrogen) atoms. The lowest BCUT2D eigenvalue weighted by atomic mass is 10.1. The molecule has 0 atom stereocenters. The average molecular weight is 308 g/mol. The Labute approximate surface area is 126 Å². The normalized spacial score (nSPS) is 11.9. The summed E-state index contributed by atoms with van der Waals surface area (Å²) in [6, 6.07) is 11.4. The van der Waals surface area contributed by atoms with Crippen LogP contribution in [0.25, 0.3) is 16.5 Å². The highest BCUT2D eigenvalue weighted by molar-refractivity contribution is 7.16. The fourth-order valence-corrected chi connectivity index (χ4v) is 3.10. The van der Waals surface area contributed by atoms with Crippen molar-refractivity contribution in [3.05, 3.63) is 62.1 Å². The van der Waals surface area contributed by atoms with E-state index in [1.165, 1.54) is 11.3 Å². The number of nitro groups is 1. The zero-order valence-corrected chi connectivity index (χ0v) is 12.7. The summed E-state index contributed by atoms with van der Waals surface area (Å²) in [5, 5.41) is 11.7. The quantitative estimate of drug-likeness (QED) is 0.565. The van der Waals surface area contributed by atoms with Crippen LogP contribution < -0.4 is 0 Å². The summed E-state index contributed by atoms with van der Waals surface area (Å²) >= 11 is 7.66. The van der Waals surface area contributed by atoms with Gasteiger partial charge in [-0.1, -0.05) is 43.6 Å². The lowest BCUT2D eigenvalue weighted by molar-refractivity contribution is -0.431. The van der Waals surface area contributed by atoms with Crippen molar-refractivity contribution in [2.24, 2.45) is 5.92 Å². The molecule has 1 heterocycles. The summed E-state index contributed by atoms with van der Waals surface area (Å²) in [6.45, 7) is 3.63. The Morgan fingerprint density at radius 3 is 2.60 bits per heavy atom. The second-order valence-electron chi connectivity index (χ2n) is 4.66. The molecule has 0 aliphatic carbocycles. The van der Waals surface area contributed by atoms with Crippen molar-refractivity contribution in [3.63, 3.8) is 0 Å². The van der Waals surface area contributed by atoms with E-state index in [0.717, 1.165) is 15.3 Å². The van der Waals surface area contributed by atoms with Gasteiger partial charge in [0.2, 0.25) is 5.70 Å². The van der Waals surface area contributed by atoms with E-state index in [4.69, 9.17) is 11.6 Å². The van der Waals surface area contributed by atoms with E-state index >= 15 is 0 Å². The lowest BCUT2D eigenvalue weighted by Gasteiger charge is -2.01. The minimum atomic E-state index is -0.320. The molecule has 0 radical (unpaired) electrons. The third-order valence-corrected chi connectivity index (χ3v) is 4.25. The minimum absolute atomic E-state index is 0.115. The summed E-state index contributed by atoms with van der Waals surface area (Å²) in [4.78, 5) is 12.5. The highest BCUT2D eigenvalue weighted by Crippen LogP contribution is 2.34. The number of nitrogens with zero attached hydrogens (tertiary/aromatic N) is 1. The van der Waals surface area contributed by atoms with E-state index in [1.807, 2.05) is 50.2 Å². The van der Waals surface area contributed by atoms with Gasteiger partial charge < -0.3 is 0 Å². The standard InChI is InChI=1S/C15H14ClNO2S/c1-10(2)14(17(18)19)9-11-7-8-15(20-11)12-5-3-4-6-13(12)16/h3-10H,1-2H3/b14-9-. The molecule has 5 heteroatoms. The Balaban J connectivity index is 2.37. The van der Waals surface area contributed by atoms with Crippen molar-refractivity contribution >= 4 is 29.0 Å².